The monoisotopic (exact) mass is 264 g/mol. The average molecular weight is 264 g/mol. The number of hydrogen-bond donors (Lipinski definition) is 1. The lowest BCUT2D eigenvalue weighted by Crippen LogP contribution is -2.35. The highest BCUT2D eigenvalue weighted by atomic mass is 32.1. The van der Waals surface area contributed by atoms with E-state index in [2.05, 4.69) is 18.0 Å². The SMILES string of the molecule is C=CCN(Cc1cccs1)C(=O)CC1CCCN1. The standard InChI is InChI=1S/C14H20N2OS/c1-2-8-16(11-13-6-4-9-18-13)14(17)10-12-5-3-7-15-12/h2,4,6,9,12,15H,1,3,5,7-8,10-11H2. The Bertz CT molecular complexity index is 383. The van der Waals surface area contributed by atoms with Crippen LogP contribution in [0.5, 0.6) is 0 Å². The van der Waals surface area contributed by atoms with Crippen molar-refractivity contribution < 1.29 is 4.79 Å². The second-order valence-electron chi connectivity index (χ2n) is 4.64. The van der Waals surface area contributed by atoms with Crippen molar-refractivity contribution >= 4 is 17.2 Å². The number of nitrogens with one attached hydrogen (secondary N) is 1. The van der Waals surface area contributed by atoms with E-state index in [-0.39, 0.29) is 5.91 Å². The van der Waals surface area contributed by atoms with Crippen LogP contribution >= 0.6 is 11.3 Å². The van der Waals surface area contributed by atoms with E-state index in [1.807, 2.05) is 16.3 Å². The summed E-state index contributed by atoms with van der Waals surface area (Å²) < 4.78 is 0. The quantitative estimate of drug-likeness (QED) is 0.800. The molecule has 0 spiro atoms. The molecule has 0 aromatic carbocycles. The number of carbonyl (C=O) groups is 1. The third-order valence-electron chi connectivity index (χ3n) is 3.21. The highest BCUT2D eigenvalue weighted by Crippen LogP contribution is 2.15. The van der Waals surface area contributed by atoms with Crippen molar-refractivity contribution in [2.24, 2.45) is 0 Å². The van der Waals surface area contributed by atoms with Crippen LogP contribution in [0.3, 0.4) is 0 Å². The van der Waals surface area contributed by atoms with E-state index in [0.29, 0.717) is 25.6 Å². The zero-order valence-electron chi connectivity index (χ0n) is 10.6. The van der Waals surface area contributed by atoms with E-state index in [1.54, 1.807) is 17.4 Å². The van der Waals surface area contributed by atoms with Crippen LogP contribution in [-0.2, 0) is 11.3 Å². The van der Waals surface area contributed by atoms with Crippen LogP contribution in [0.25, 0.3) is 0 Å². The van der Waals surface area contributed by atoms with Gasteiger partial charge in [0.1, 0.15) is 0 Å². The Hall–Kier alpha value is -1.13. The van der Waals surface area contributed by atoms with Crippen LogP contribution in [0.4, 0.5) is 0 Å². The van der Waals surface area contributed by atoms with Gasteiger partial charge in [-0.25, -0.2) is 0 Å². The zero-order valence-corrected chi connectivity index (χ0v) is 11.4. The minimum absolute atomic E-state index is 0.225. The number of nitrogens with zero attached hydrogens (tertiary/aromatic N) is 1. The van der Waals surface area contributed by atoms with E-state index >= 15 is 0 Å². The summed E-state index contributed by atoms with van der Waals surface area (Å²) in [7, 11) is 0. The fraction of sp³-hybridized carbons (Fsp3) is 0.500. The molecule has 1 aliphatic rings. The largest absolute Gasteiger partial charge is 0.334 e. The van der Waals surface area contributed by atoms with Crippen LogP contribution in [-0.4, -0.2) is 29.9 Å². The van der Waals surface area contributed by atoms with Gasteiger partial charge in [-0.3, -0.25) is 4.79 Å². The first-order valence-electron chi connectivity index (χ1n) is 6.44. The molecule has 0 saturated carbocycles. The Morgan fingerprint density at radius 2 is 2.56 bits per heavy atom. The summed E-state index contributed by atoms with van der Waals surface area (Å²) in [6.45, 7) is 6.12. The summed E-state index contributed by atoms with van der Waals surface area (Å²) in [4.78, 5) is 15.4. The van der Waals surface area contributed by atoms with Crippen LogP contribution < -0.4 is 5.32 Å². The number of thiophene rings is 1. The van der Waals surface area contributed by atoms with Gasteiger partial charge in [0.2, 0.25) is 5.91 Å². The summed E-state index contributed by atoms with van der Waals surface area (Å²) in [6.07, 6.45) is 4.71. The predicted molar refractivity (Wildman–Crippen MR) is 75.6 cm³/mol. The Labute approximate surface area is 112 Å². The number of carbonyl (C=O) groups excluding carboxylic acids is 1. The lowest BCUT2D eigenvalue weighted by Gasteiger charge is -2.22. The maximum absolute atomic E-state index is 12.3. The van der Waals surface area contributed by atoms with Gasteiger partial charge in [0.05, 0.1) is 6.54 Å². The van der Waals surface area contributed by atoms with Crippen LogP contribution in [0.2, 0.25) is 0 Å². The van der Waals surface area contributed by atoms with E-state index in [4.69, 9.17) is 0 Å². The van der Waals surface area contributed by atoms with Crippen molar-refractivity contribution in [1.29, 1.82) is 0 Å². The molecule has 1 N–H and O–H groups in total. The smallest absolute Gasteiger partial charge is 0.224 e. The maximum Gasteiger partial charge on any atom is 0.224 e. The molecule has 1 amide bonds. The summed E-state index contributed by atoms with van der Waals surface area (Å²) >= 11 is 1.69. The first kappa shape index (κ1) is 13.3. The summed E-state index contributed by atoms with van der Waals surface area (Å²) in [5, 5.41) is 5.42. The van der Waals surface area contributed by atoms with E-state index in [0.717, 1.165) is 13.0 Å². The van der Waals surface area contributed by atoms with Gasteiger partial charge in [0, 0.05) is 23.9 Å². The third-order valence-corrected chi connectivity index (χ3v) is 4.07. The maximum atomic E-state index is 12.3. The molecule has 2 rings (SSSR count). The summed E-state index contributed by atoms with van der Waals surface area (Å²) in [5.74, 6) is 0.225. The van der Waals surface area contributed by atoms with Gasteiger partial charge in [-0.05, 0) is 30.8 Å². The molecule has 1 fully saturated rings. The van der Waals surface area contributed by atoms with Gasteiger partial charge >= 0.3 is 0 Å². The van der Waals surface area contributed by atoms with E-state index < -0.39 is 0 Å². The lowest BCUT2D eigenvalue weighted by molar-refractivity contribution is -0.131. The zero-order chi connectivity index (χ0) is 12.8. The molecule has 98 valence electrons. The molecule has 1 unspecified atom stereocenters. The number of amides is 1. The van der Waals surface area contributed by atoms with Gasteiger partial charge in [0.15, 0.2) is 0 Å². The van der Waals surface area contributed by atoms with Gasteiger partial charge in [-0.2, -0.15) is 0 Å². The fourth-order valence-electron chi connectivity index (χ4n) is 2.27. The first-order chi connectivity index (χ1) is 8.79. The molecule has 1 aromatic heterocycles. The predicted octanol–water partition coefficient (Wildman–Crippen LogP) is 2.40. The second-order valence-corrected chi connectivity index (χ2v) is 5.67. The summed E-state index contributed by atoms with van der Waals surface area (Å²) in [5.41, 5.74) is 0. The molecule has 0 bridgehead atoms. The van der Waals surface area contributed by atoms with Crippen molar-refractivity contribution in [2.45, 2.75) is 31.8 Å². The molecule has 18 heavy (non-hydrogen) atoms. The fourth-order valence-corrected chi connectivity index (χ4v) is 2.99. The molecular weight excluding hydrogens is 244 g/mol. The molecule has 1 aliphatic heterocycles. The minimum atomic E-state index is 0.225. The molecule has 3 nitrogen and oxygen atoms in total. The van der Waals surface area contributed by atoms with Crippen LogP contribution in [0.15, 0.2) is 30.2 Å². The topological polar surface area (TPSA) is 32.3 Å². The Morgan fingerprint density at radius 1 is 1.67 bits per heavy atom. The van der Waals surface area contributed by atoms with Crippen molar-refractivity contribution in [3.8, 4) is 0 Å². The molecule has 4 heteroatoms. The van der Waals surface area contributed by atoms with E-state index in [9.17, 15) is 4.79 Å². The van der Waals surface area contributed by atoms with Crippen molar-refractivity contribution in [1.82, 2.24) is 10.2 Å². The van der Waals surface area contributed by atoms with Crippen LogP contribution in [0, 0.1) is 0 Å². The normalized spacial score (nSPS) is 18.8. The Morgan fingerprint density at radius 3 is 3.17 bits per heavy atom. The molecular formula is C14H20N2OS. The van der Waals surface area contributed by atoms with Gasteiger partial charge < -0.3 is 10.2 Å². The molecule has 1 atom stereocenters. The van der Waals surface area contributed by atoms with Crippen molar-refractivity contribution in [2.75, 3.05) is 13.1 Å². The third kappa shape index (κ3) is 3.68. The van der Waals surface area contributed by atoms with Gasteiger partial charge in [0.25, 0.3) is 0 Å². The molecule has 1 saturated heterocycles. The molecule has 0 aliphatic carbocycles. The van der Waals surface area contributed by atoms with Gasteiger partial charge in [-0.1, -0.05) is 12.1 Å². The minimum Gasteiger partial charge on any atom is -0.334 e. The molecule has 2 heterocycles. The Kier molecular flexibility index (Phi) is 4.96. The van der Waals surface area contributed by atoms with Crippen LogP contribution in [0.1, 0.15) is 24.1 Å². The van der Waals surface area contributed by atoms with Crippen molar-refractivity contribution in [3.63, 3.8) is 0 Å². The second kappa shape index (κ2) is 6.71. The van der Waals surface area contributed by atoms with Crippen molar-refractivity contribution in [3.05, 3.63) is 35.0 Å². The molecule has 0 radical (unpaired) electrons. The van der Waals surface area contributed by atoms with Gasteiger partial charge in [-0.15, -0.1) is 17.9 Å². The lowest BCUT2D eigenvalue weighted by atomic mass is 10.1. The number of hydrogen-bond acceptors (Lipinski definition) is 3. The molecule has 1 aromatic rings. The first-order valence-corrected chi connectivity index (χ1v) is 7.32. The highest BCUT2D eigenvalue weighted by Gasteiger charge is 2.21. The Balaban J connectivity index is 1.90. The highest BCUT2D eigenvalue weighted by molar-refractivity contribution is 7.09. The number of rotatable bonds is 6. The summed E-state index contributed by atoms with van der Waals surface area (Å²) in [6, 6.07) is 4.46. The average Bonchev–Trinajstić information content (AvgIpc) is 3.01. The van der Waals surface area contributed by atoms with E-state index in [1.165, 1.54) is 11.3 Å².